The topological polar surface area (TPSA) is 69.8 Å². The van der Waals surface area contributed by atoms with E-state index < -0.39 is 6.04 Å². The molecule has 2 heterocycles. The molecule has 1 aromatic rings. The number of aromatic amines is 1. The Balaban J connectivity index is 1.32. The summed E-state index contributed by atoms with van der Waals surface area (Å²) in [5, 5.41) is 14.2. The minimum atomic E-state index is -0.414. The fourth-order valence-electron chi connectivity index (χ4n) is 6.73. The molecule has 144 valence electrons. The molecule has 1 atom stereocenters. The van der Waals surface area contributed by atoms with Crippen molar-refractivity contribution in [3.8, 4) is 12.3 Å². The lowest BCUT2D eigenvalue weighted by Crippen LogP contribution is -2.48. The van der Waals surface area contributed by atoms with Gasteiger partial charge in [-0.2, -0.15) is 5.10 Å². The largest absolute Gasteiger partial charge is 0.337 e. The summed E-state index contributed by atoms with van der Waals surface area (Å²) in [6, 6.07) is 1.74. The lowest BCUT2D eigenvalue weighted by Gasteiger charge is -2.56. The van der Waals surface area contributed by atoms with E-state index in [1.54, 1.807) is 0 Å². The molecule has 5 nitrogen and oxygen atoms in total. The van der Waals surface area contributed by atoms with Gasteiger partial charge in [0.25, 0.3) is 0 Å². The second-order valence-corrected chi connectivity index (χ2v) is 9.54. The Bertz CT molecular complexity index is 719. The van der Waals surface area contributed by atoms with Gasteiger partial charge in [-0.15, -0.1) is 6.42 Å². The number of carbonyl (C=O) groups excluding carboxylic acids is 1. The highest BCUT2D eigenvalue weighted by atomic mass is 16.1. The predicted molar refractivity (Wildman–Crippen MR) is 104 cm³/mol. The Labute approximate surface area is 161 Å². The molecule has 4 saturated carbocycles. The predicted octanol–water partition coefficient (Wildman–Crippen LogP) is 2.67. The van der Waals surface area contributed by atoms with E-state index in [-0.39, 0.29) is 17.2 Å². The van der Waals surface area contributed by atoms with Crippen LogP contribution in [0.3, 0.4) is 0 Å². The molecule has 27 heavy (non-hydrogen) atoms. The highest BCUT2D eigenvalue weighted by Gasteiger charge is 2.52. The molecule has 5 aliphatic rings. The van der Waals surface area contributed by atoms with Gasteiger partial charge in [-0.25, -0.2) is 0 Å². The summed E-state index contributed by atoms with van der Waals surface area (Å²) < 4.78 is 0. The second-order valence-electron chi connectivity index (χ2n) is 9.54. The van der Waals surface area contributed by atoms with Gasteiger partial charge in [-0.1, -0.05) is 5.92 Å². The number of aromatic nitrogens is 2. The van der Waals surface area contributed by atoms with Crippen molar-refractivity contribution in [2.75, 3.05) is 13.1 Å². The van der Waals surface area contributed by atoms with Gasteiger partial charge in [-0.3, -0.25) is 9.89 Å². The standard InChI is InChI=1S/C22H30N4O/c1-2-18(24-21(27)17-3-5-23-6-4-17)19-10-20(26-25-19)22-11-14-7-15(12-22)9-16(8-14)13-22/h1,10,14-18,23H,3-9,11-13H2,(H,24,27)(H,25,26). The first kappa shape index (κ1) is 17.3. The molecule has 0 spiro atoms. The molecule has 1 unspecified atom stereocenters. The van der Waals surface area contributed by atoms with Crippen molar-refractivity contribution in [3.05, 3.63) is 17.5 Å². The number of hydrogen-bond acceptors (Lipinski definition) is 3. The van der Waals surface area contributed by atoms with E-state index in [4.69, 9.17) is 11.5 Å². The first-order valence-electron chi connectivity index (χ1n) is 10.7. The van der Waals surface area contributed by atoms with Gasteiger partial charge in [0.1, 0.15) is 6.04 Å². The Kier molecular flexibility index (Phi) is 4.27. The zero-order valence-electron chi connectivity index (χ0n) is 16.0. The highest BCUT2D eigenvalue weighted by Crippen LogP contribution is 2.60. The maximum atomic E-state index is 12.6. The molecule has 0 radical (unpaired) electrons. The average Bonchev–Trinajstić information content (AvgIpc) is 3.16. The third kappa shape index (κ3) is 3.08. The zero-order chi connectivity index (χ0) is 18.4. The first-order valence-corrected chi connectivity index (χ1v) is 10.7. The number of piperidine rings is 1. The van der Waals surface area contributed by atoms with Crippen LogP contribution in [-0.2, 0) is 10.2 Å². The highest BCUT2D eigenvalue weighted by molar-refractivity contribution is 5.79. The minimum Gasteiger partial charge on any atom is -0.337 e. The van der Waals surface area contributed by atoms with E-state index >= 15 is 0 Å². The first-order chi connectivity index (χ1) is 13.1. The van der Waals surface area contributed by atoms with Crippen molar-refractivity contribution in [2.45, 2.75) is 62.8 Å². The molecule has 4 aliphatic carbocycles. The van der Waals surface area contributed by atoms with Crippen LogP contribution in [-0.4, -0.2) is 29.2 Å². The van der Waals surface area contributed by atoms with E-state index in [0.717, 1.165) is 49.4 Å². The third-order valence-electron chi connectivity index (χ3n) is 7.65. The van der Waals surface area contributed by atoms with Gasteiger partial charge >= 0.3 is 0 Å². The molecular weight excluding hydrogens is 336 g/mol. The number of rotatable bonds is 4. The summed E-state index contributed by atoms with van der Waals surface area (Å²) in [7, 11) is 0. The van der Waals surface area contributed by atoms with Crippen LogP contribution in [0.4, 0.5) is 0 Å². The number of nitrogens with one attached hydrogen (secondary N) is 3. The summed E-state index contributed by atoms with van der Waals surface area (Å²) in [4.78, 5) is 12.6. The van der Waals surface area contributed by atoms with Crippen LogP contribution in [0.5, 0.6) is 0 Å². The Morgan fingerprint density at radius 1 is 1.19 bits per heavy atom. The molecule has 1 saturated heterocycles. The third-order valence-corrected chi connectivity index (χ3v) is 7.65. The molecule has 6 rings (SSSR count). The van der Waals surface area contributed by atoms with Crippen LogP contribution in [0.2, 0.25) is 0 Å². The molecule has 0 aromatic carbocycles. The maximum absolute atomic E-state index is 12.6. The Hall–Kier alpha value is -1.80. The van der Waals surface area contributed by atoms with Crippen LogP contribution in [0.25, 0.3) is 0 Å². The molecule has 4 bridgehead atoms. The second kappa shape index (κ2) is 6.67. The van der Waals surface area contributed by atoms with Gasteiger partial charge in [0.05, 0.1) is 11.4 Å². The Morgan fingerprint density at radius 3 is 2.41 bits per heavy atom. The molecule has 1 aliphatic heterocycles. The monoisotopic (exact) mass is 366 g/mol. The lowest BCUT2D eigenvalue weighted by atomic mass is 9.49. The normalized spacial score (nSPS) is 36.3. The van der Waals surface area contributed by atoms with Crippen molar-refractivity contribution in [3.63, 3.8) is 0 Å². The summed E-state index contributed by atoms with van der Waals surface area (Å²) in [6.45, 7) is 1.80. The molecule has 1 aromatic heterocycles. The van der Waals surface area contributed by atoms with E-state index in [1.807, 2.05) is 0 Å². The number of terminal acetylenes is 1. The molecular formula is C22H30N4O. The van der Waals surface area contributed by atoms with E-state index in [9.17, 15) is 4.79 Å². The summed E-state index contributed by atoms with van der Waals surface area (Å²) in [5.41, 5.74) is 2.31. The zero-order valence-corrected chi connectivity index (χ0v) is 16.0. The molecule has 5 heteroatoms. The van der Waals surface area contributed by atoms with Crippen molar-refractivity contribution >= 4 is 5.91 Å². The molecule has 3 N–H and O–H groups in total. The summed E-state index contributed by atoms with van der Waals surface area (Å²) >= 11 is 0. The van der Waals surface area contributed by atoms with E-state index in [1.165, 1.54) is 44.2 Å². The summed E-state index contributed by atoms with van der Waals surface area (Å²) in [6.07, 6.45) is 15.7. The van der Waals surface area contributed by atoms with Crippen molar-refractivity contribution in [1.82, 2.24) is 20.8 Å². The fraction of sp³-hybridized carbons (Fsp3) is 0.727. The SMILES string of the molecule is C#CC(NC(=O)C1CCNCC1)c1cc(C23CC4CC(CC(C4)C2)C3)n[nH]1. The lowest BCUT2D eigenvalue weighted by molar-refractivity contribution is -0.126. The minimum absolute atomic E-state index is 0.0626. The maximum Gasteiger partial charge on any atom is 0.224 e. The van der Waals surface area contributed by atoms with E-state index in [0.29, 0.717) is 0 Å². The number of nitrogens with zero attached hydrogens (tertiary/aromatic N) is 1. The van der Waals surface area contributed by atoms with Gasteiger partial charge in [0.15, 0.2) is 0 Å². The van der Waals surface area contributed by atoms with Crippen LogP contribution in [0.15, 0.2) is 6.07 Å². The number of carbonyl (C=O) groups is 1. The Morgan fingerprint density at radius 2 is 1.81 bits per heavy atom. The van der Waals surface area contributed by atoms with Crippen LogP contribution in [0.1, 0.15) is 68.8 Å². The van der Waals surface area contributed by atoms with Gasteiger partial charge in [0, 0.05) is 11.3 Å². The number of amides is 1. The fourth-order valence-corrected chi connectivity index (χ4v) is 6.73. The quantitative estimate of drug-likeness (QED) is 0.718. The molecule has 5 fully saturated rings. The van der Waals surface area contributed by atoms with Crippen molar-refractivity contribution in [1.29, 1.82) is 0 Å². The van der Waals surface area contributed by atoms with Crippen molar-refractivity contribution < 1.29 is 4.79 Å². The van der Waals surface area contributed by atoms with Gasteiger partial charge in [0.2, 0.25) is 5.91 Å². The van der Waals surface area contributed by atoms with Crippen LogP contribution >= 0.6 is 0 Å². The van der Waals surface area contributed by atoms with Gasteiger partial charge < -0.3 is 10.6 Å². The van der Waals surface area contributed by atoms with Crippen molar-refractivity contribution in [2.24, 2.45) is 23.7 Å². The van der Waals surface area contributed by atoms with E-state index in [2.05, 4.69) is 27.7 Å². The van der Waals surface area contributed by atoms with Crippen LogP contribution in [0, 0.1) is 36.0 Å². The van der Waals surface area contributed by atoms with Crippen LogP contribution < -0.4 is 10.6 Å². The molecule has 1 amide bonds. The van der Waals surface area contributed by atoms with Gasteiger partial charge in [-0.05, 0) is 88.3 Å². The smallest absolute Gasteiger partial charge is 0.224 e. The average molecular weight is 367 g/mol. The number of hydrogen-bond donors (Lipinski definition) is 3. The number of H-pyrrole nitrogens is 1. The summed E-state index contributed by atoms with van der Waals surface area (Å²) in [5.74, 6) is 5.56.